The lowest BCUT2D eigenvalue weighted by Crippen LogP contribution is -1.77. The molecule has 2 nitrogen and oxygen atoms in total. The Kier molecular flexibility index (Phi) is 2.06. The maximum absolute atomic E-state index is 5.73. The number of rotatable bonds is 1. The third-order valence-corrected chi connectivity index (χ3v) is 2.19. The first-order chi connectivity index (χ1) is 5.86. The van der Waals surface area contributed by atoms with Crippen molar-refractivity contribution in [2.45, 2.75) is 0 Å². The third-order valence-electron chi connectivity index (χ3n) is 1.46. The van der Waals surface area contributed by atoms with Crippen LogP contribution in [-0.2, 0) is 0 Å². The summed E-state index contributed by atoms with van der Waals surface area (Å²) >= 11 is 7.08. The summed E-state index contributed by atoms with van der Waals surface area (Å²) in [5.41, 5.74) is 2.71. The third kappa shape index (κ3) is 1.47. The number of nitrogens with zero attached hydrogens (tertiary/aromatic N) is 2. The molecule has 2 rings (SSSR count). The average Bonchev–Trinajstić information content (AvgIpc) is 2.58. The molecule has 0 N–H and O–H groups in total. The van der Waals surface area contributed by atoms with Crippen molar-refractivity contribution in [2.24, 2.45) is 0 Å². The summed E-state index contributed by atoms with van der Waals surface area (Å²) in [5, 5.41) is 0.731. The van der Waals surface area contributed by atoms with E-state index in [1.54, 1.807) is 5.51 Å². The minimum Gasteiger partial charge on any atom is -0.223 e. The quantitative estimate of drug-likeness (QED) is 0.701. The highest BCUT2D eigenvalue weighted by Gasteiger charge is 1.99. The number of hydrogen-bond donors (Lipinski definition) is 0. The van der Waals surface area contributed by atoms with Gasteiger partial charge in [-0.1, -0.05) is 11.6 Å². The van der Waals surface area contributed by atoms with Gasteiger partial charge in [0.05, 0.1) is 0 Å². The second-order valence-electron chi connectivity index (χ2n) is 2.26. The van der Waals surface area contributed by atoms with E-state index in [2.05, 4.69) is 9.36 Å². The summed E-state index contributed by atoms with van der Waals surface area (Å²) in [6.45, 7) is 0. The van der Waals surface area contributed by atoms with Crippen LogP contribution in [0.15, 0.2) is 29.8 Å². The highest BCUT2D eigenvalue weighted by Crippen LogP contribution is 2.18. The highest BCUT2D eigenvalue weighted by atomic mass is 35.5. The van der Waals surface area contributed by atoms with Crippen molar-refractivity contribution < 1.29 is 0 Å². The first kappa shape index (κ1) is 7.71. The molecule has 2 aromatic rings. The number of halogens is 1. The molecule has 12 heavy (non-hydrogen) atoms. The van der Waals surface area contributed by atoms with Gasteiger partial charge in [-0.3, -0.25) is 0 Å². The van der Waals surface area contributed by atoms with Crippen molar-refractivity contribution in [3.8, 4) is 11.4 Å². The van der Waals surface area contributed by atoms with Crippen LogP contribution in [0.5, 0.6) is 0 Å². The molecule has 1 aromatic carbocycles. The first-order valence-corrected chi connectivity index (χ1v) is 4.60. The molecule has 0 aliphatic rings. The molecule has 1 aromatic heterocycles. The molecule has 0 unspecified atom stereocenters. The molecule has 1 heterocycles. The average molecular weight is 197 g/mol. The van der Waals surface area contributed by atoms with Crippen molar-refractivity contribution >= 4 is 23.1 Å². The lowest BCUT2D eigenvalue weighted by molar-refractivity contribution is 1.33. The summed E-state index contributed by atoms with van der Waals surface area (Å²) in [7, 11) is 0. The molecule has 0 saturated carbocycles. The van der Waals surface area contributed by atoms with Gasteiger partial charge in [0.25, 0.3) is 0 Å². The van der Waals surface area contributed by atoms with Gasteiger partial charge in [0, 0.05) is 10.6 Å². The van der Waals surface area contributed by atoms with E-state index in [1.807, 2.05) is 24.3 Å². The first-order valence-electron chi connectivity index (χ1n) is 3.38. The molecule has 0 aliphatic heterocycles. The van der Waals surface area contributed by atoms with Gasteiger partial charge in [0.2, 0.25) is 0 Å². The molecule has 0 fully saturated rings. The fourth-order valence-corrected chi connectivity index (χ4v) is 1.47. The number of aromatic nitrogens is 2. The maximum Gasteiger partial charge on any atom is 0.172 e. The Bertz CT molecular complexity index is 355. The Morgan fingerprint density at radius 1 is 1.17 bits per heavy atom. The summed E-state index contributed by atoms with van der Waals surface area (Å²) in [4.78, 5) is 4.08. The Morgan fingerprint density at radius 2 is 1.92 bits per heavy atom. The van der Waals surface area contributed by atoms with Crippen LogP contribution in [0.3, 0.4) is 0 Å². The van der Waals surface area contributed by atoms with E-state index in [0.717, 1.165) is 16.4 Å². The fourth-order valence-electron chi connectivity index (χ4n) is 0.897. The second-order valence-corrected chi connectivity index (χ2v) is 3.30. The zero-order valence-electron chi connectivity index (χ0n) is 6.07. The van der Waals surface area contributed by atoms with Crippen molar-refractivity contribution in [3.05, 3.63) is 34.8 Å². The zero-order chi connectivity index (χ0) is 8.39. The van der Waals surface area contributed by atoms with E-state index in [4.69, 9.17) is 11.6 Å². The Labute approximate surface area is 79.0 Å². The molecule has 60 valence electrons. The summed E-state index contributed by atoms with van der Waals surface area (Å²) in [6, 6.07) is 7.48. The predicted molar refractivity (Wildman–Crippen MR) is 50.4 cm³/mol. The molecular weight excluding hydrogens is 192 g/mol. The van der Waals surface area contributed by atoms with Crippen LogP contribution in [0, 0.1) is 0 Å². The zero-order valence-corrected chi connectivity index (χ0v) is 7.64. The smallest absolute Gasteiger partial charge is 0.172 e. The Balaban J connectivity index is 2.43. The number of hydrogen-bond acceptors (Lipinski definition) is 3. The lowest BCUT2D eigenvalue weighted by Gasteiger charge is -1.93. The monoisotopic (exact) mass is 196 g/mol. The van der Waals surface area contributed by atoms with Crippen LogP contribution in [-0.4, -0.2) is 9.36 Å². The van der Waals surface area contributed by atoms with Gasteiger partial charge in [-0.15, -0.1) is 0 Å². The van der Waals surface area contributed by atoms with E-state index in [9.17, 15) is 0 Å². The van der Waals surface area contributed by atoms with E-state index in [-0.39, 0.29) is 0 Å². The minimum atomic E-state index is 0.731. The van der Waals surface area contributed by atoms with Crippen molar-refractivity contribution in [3.63, 3.8) is 0 Å². The van der Waals surface area contributed by atoms with Crippen LogP contribution in [0.2, 0.25) is 5.02 Å². The second kappa shape index (κ2) is 3.21. The summed E-state index contributed by atoms with van der Waals surface area (Å²) in [5.74, 6) is 0.761. The highest BCUT2D eigenvalue weighted by molar-refractivity contribution is 7.03. The van der Waals surface area contributed by atoms with Crippen LogP contribution in [0.1, 0.15) is 0 Å². The molecule has 0 saturated heterocycles. The molecule has 0 amide bonds. The molecule has 0 spiro atoms. The minimum absolute atomic E-state index is 0.731. The molecule has 0 radical (unpaired) electrons. The molecule has 0 aliphatic carbocycles. The van der Waals surface area contributed by atoms with Crippen LogP contribution in [0.25, 0.3) is 11.4 Å². The van der Waals surface area contributed by atoms with Crippen molar-refractivity contribution in [1.82, 2.24) is 9.36 Å². The van der Waals surface area contributed by atoms with Gasteiger partial charge in [-0.05, 0) is 35.8 Å². The predicted octanol–water partition coefficient (Wildman–Crippen LogP) is 2.86. The van der Waals surface area contributed by atoms with Gasteiger partial charge < -0.3 is 0 Å². The normalized spacial score (nSPS) is 10.1. The van der Waals surface area contributed by atoms with Crippen LogP contribution in [0.4, 0.5) is 0 Å². The molecular formula is C8H5ClN2S. The topological polar surface area (TPSA) is 25.8 Å². The van der Waals surface area contributed by atoms with Crippen molar-refractivity contribution in [2.75, 3.05) is 0 Å². The van der Waals surface area contributed by atoms with Gasteiger partial charge >= 0.3 is 0 Å². The van der Waals surface area contributed by atoms with Gasteiger partial charge in [0.1, 0.15) is 5.51 Å². The Hall–Kier alpha value is -0.930. The van der Waals surface area contributed by atoms with E-state index in [1.165, 1.54) is 11.5 Å². The van der Waals surface area contributed by atoms with Crippen LogP contribution >= 0.6 is 23.1 Å². The standard InChI is InChI=1S/C8H5ClN2S/c9-7-3-1-6(2-4-7)8-10-5-12-11-8/h1-5H. The van der Waals surface area contributed by atoms with E-state index < -0.39 is 0 Å². The van der Waals surface area contributed by atoms with Crippen LogP contribution < -0.4 is 0 Å². The molecule has 0 bridgehead atoms. The van der Waals surface area contributed by atoms with E-state index in [0.29, 0.717) is 0 Å². The van der Waals surface area contributed by atoms with Gasteiger partial charge in [0.15, 0.2) is 5.82 Å². The Morgan fingerprint density at radius 3 is 2.50 bits per heavy atom. The maximum atomic E-state index is 5.73. The lowest BCUT2D eigenvalue weighted by atomic mass is 10.2. The largest absolute Gasteiger partial charge is 0.223 e. The number of benzene rings is 1. The molecule has 0 atom stereocenters. The van der Waals surface area contributed by atoms with Gasteiger partial charge in [-0.25, -0.2) is 4.98 Å². The fraction of sp³-hybridized carbons (Fsp3) is 0. The summed E-state index contributed by atoms with van der Waals surface area (Å²) in [6.07, 6.45) is 0. The molecule has 4 heteroatoms. The van der Waals surface area contributed by atoms with Crippen molar-refractivity contribution in [1.29, 1.82) is 0 Å². The van der Waals surface area contributed by atoms with Gasteiger partial charge in [-0.2, -0.15) is 4.37 Å². The SMILES string of the molecule is Clc1ccc(-c2ncsn2)cc1. The summed E-state index contributed by atoms with van der Waals surface area (Å²) < 4.78 is 4.10. The van der Waals surface area contributed by atoms with E-state index >= 15 is 0 Å².